The van der Waals surface area contributed by atoms with Crippen LogP contribution in [0, 0.1) is 6.92 Å². The highest BCUT2D eigenvalue weighted by molar-refractivity contribution is 5.69. The molecule has 1 atom stereocenters. The Kier molecular flexibility index (Phi) is 5.66. The van der Waals surface area contributed by atoms with Crippen LogP contribution in [0.15, 0.2) is 91.0 Å². The molecule has 5 heteroatoms. The van der Waals surface area contributed by atoms with Crippen molar-refractivity contribution in [3.05, 3.63) is 119 Å². The summed E-state index contributed by atoms with van der Waals surface area (Å²) < 4.78 is 40.8. The van der Waals surface area contributed by atoms with Crippen LogP contribution in [0.3, 0.4) is 0 Å². The van der Waals surface area contributed by atoms with E-state index in [-0.39, 0.29) is 5.69 Å². The molecule has 0 radical (unpaired) electrons. The predicted octanol–water partition coefficient (Wildman–Crippen LogP) is 7.20. The molecular weight excluding hydrogens is 421 g/mol. The van der Waals surface area contributed by atoms with Gasteiger partial charge in [-0.15, -0.1) is 0 Å². The number of benzene rings is 4. The number of halogens is 3. The lowest BCUT2D eigenvalue weighted by Crippen LogP contribution is -2.28. The summed E-state index contributed by atoms with van der Waals surface area (Å²) in [6, 6.07) is 26.8. The van der Waals surface area contributed by atoms with Crippen molar-refractivity contribution in [1.29, 1.82) is 0 Å². The molecule has 0 spiro atoms. The van der Waals surface area contributed by atoms with E-state index in [1.807, 2.05) is 80.6 Å². The maximum Gasteiger partial charge on any atom is 0.416 e. The summed E-state index contributed by atoms with van der Waals surface area (Å²) >= 11 is 0. The minimum Gasteiger partial charge on any atom is -0.398 e. The van der Waals surface area contributed by atoms with Crippen LogP contribution in [-0.4, -0.2) is 0 Å². The SMILES string of the molecule is Cc1ccc(N)c(C(C)(c2ccc(-c3ccccc3)cc2)c2cc(C(F)(F)F)ccc2N)c1. The van der Waals surface area contributed by atoms with E-state index in [2.05, 4.69) is 0 Å². The zero-order valence-electron chi connectivity index (χ0n) is 18.4. The molecule has 0 fully saturated rings. The van der Waals surface area contributed by atoms with E-state index < -0.39 is 17.2 Å². The minimum atomic E-state index is -4.49. The number of rotatable bonds is 4. The van der Waals surface area contributed by atoms with Crippen LogP contribution < -0.4 is 11.5 Å². The molecule has 0 bridgehead atoms. The van der Waals surface area contributed by atoms with E-state index in [0.29, 0.717) is 16.8 Å². The third-order valence-corrected chi connectivity index (χ3v) is 6.24. The summed E-state index contributed by atoms with van der Waals surface area (Å²) in [6.45, 7) is 3.80. The molecule has 0 aromatic heterocycles. The molecular formula is C28H25F3N2. The molecule has 4 aromatic rings. The first kappa shape index (κ1) is 22.5. The fraction of sp³-hybridized carbons (Fsp3) is 0.143. The molecule has 0 saturated carbocycles. The molecule has 0 aliphatic carbocycles. The topological polar surface area (TPSA) is 52.0 Å². The number of hydrogen-bond acceptors (Lipinski definition) is 2. The van der Waals surface area contributed by atoms with Gasteiger partial charge in [0.05, 0.1) is 5.56 Å². The van der Waals surface area contributed by atoms with Gasteiger partial charge >= 0.3 is 6.18 Å². The van der Waals surface area contributed by atoms with Gasteiger partial charge in [-0.05, 0) is 65.9 Å². The second-order valence-electron chi connectivity index (χ2n) is 8.46. The number of hydrogen-bond donors (Lipinski definition) is 2. The van der Waals surface area contributed by atoms with Crippen LogP contribution >= 0.6 is 0 Å². The maximum absolute atomic E-state index is 13.6. The number of nitrogen functional groups attached to an aromatic ring is 2. The van der Waals surface area contributed by atoms with Crippen molar-refractivity contribution in [2.45, 2.75) is 25.4 Å². The molecule has 168 valence electrons. The number of nitrogens with two attached hydrogens (primary N) is 2. The van der Waals surface area contributed by atoms with Gasteiger partial charge in [-0.25, -0.2) is 0 Å². The number of alkyl halides is 3. The molecule has 0 saturated heterocycles. The van der Waals surface area contributed by atoms with E-state index >= 15 is 0 Å². The smallest absolute Gasteiger partial charge is 0.398 e. The van der Waals surface area contributed by atoms with Crippen molar-refractivity contribution >= 4 is 11.4 Å². The largest absolute Gasteiger partial charge is 0.416 e. The summed E-state index contributed by atoms with van der Waals surface area (Å²) in [7, 11) is 0. The lowest BCUT2D eigenvalue weighted by Gasteiger charge is -2.34. The summed E-state index contributed by atoms with van der Waals surface area (Å²) in [5.41, 5.74) is 16.6. The summed E-state index contributed by atoms with van der Waals surface area (Å²) in [4.78, 5) is 0. The Labute approximate surface area is 191 Å². The van der Waals surface area contributed by atoms with Gasteiger partial charge in [0, 0.05) is 16.8 Å². The molecule has 0 aliphatic rings. The summed E-state index contributed by atoms with van der Waals surface area (Å²) in [5.74, 6) is 0. The fourth-order valence-corrected chi connectivity index (χ4v) is 4.35. The molecule has 4 aromatic carbocycles. The average Bonchev–Trinajstić information content (AvgIpc) is 2.80. The van der Waals surface area contributed by atoms with Crippen LogP contribution in [0.4, 0.5) is 24.5 Å². The summed E-state index contributed by atoms with van der Waals surface area (Å²) in [5, 5.41) is 0. The third kappa shape index (κ3) is 4.19. The molecule has 33 heavy (non-hydrogen) atoms. The van der Waals surface area contributed by atoms with Gasteiger partial charge in [0.15, 0.2) is 0 Å². The monoisotopic (exact) mass is 446 g/mol. The van der Waals surface area contributed by atoms with Crippen molar-refractivity contribution in [2.24, 2.45) is 0 Å². The van der Waals surface area contributed by atoms with Crippen LogP contribution in [0.1, 0.15) is 34.7 Å². The molecule has 1 unspecified atom stereocenters. The Morgan fingerprint density at radius 1 is 0.606 bits per heavy atom. The molecule has 4 rings (SSSR count). The zero-order chi connectivity index (χ0) is 23.8. The highest BCUT2D eigenvalue weighted by Gasteiger charge is 2.38. The molecule has 0 amide bonds. The zero-order valence-corrected chi connectivity index (χ0v) is 18.4. The van der Waals surface area contributed by atoms with Crippen LogP contribution in [-0.2, 0) is 11.6 Å². The Bertz CT molecular complexity index is 1280. The molecule has 0 heterocycles. The molecule has 2 nitrogen and oxygen atoms in total. The molecule has 0 aliphatic heterocycles. The van der Waals surface area contributed by atoms with Crippen LogP contribution in [0.2, 0.25) is 0 Å². The Balaban J connectivity index is 1.97. The van der Waals surface area contributed by atoms with E-state index in [9.17, 15) is 13.2 Å². The normalized spacial score (nSPS) is 13.5. The molecule has 4 N–H and O–H groups in total. The van der Waals surface area contributed by atoms with Crippen LogP contribution in [0.5, 0.6) is 0 Å². The van der Waals surface area contributed by atoms with E-state index in [4.69, 9.17) is 11.5 Å². The highest BCUT2D eigenvalue weighted by Crippen LogP contribution is 2.46. The minimum absolute atomic E-state index is 0.276. The lowest BCUT2D eigenvalue weighted by atomic mass is 9.69. The second-order valence-corrected chi connectivity index (χ2v) is 8.46. The van der Waals surface area contributed by atoms with Crippen molar-refractivity contribution < 1.29 is 13.2 Å². The number of aryl methyl sites for hydroxylation is 1. The first-order chi connectivity index (χ1) is 15.6. The first-order valence-electron chi connectivity index (χ1n) is 10.6. The Morgan fingerprint density at radius 2 is 1.12 bits per heavy atom. The Morgan fingerprint density at radius 3 is 1.73 bits per heavy atom. The van der Waals surface area contributed by atoms with Gasteiger partial charge in [-0.2, -0.15) is 13.2 Å². The lowest BCUT2D eigenvalue weighted by molar-refractivity contribution is -0.137. The van der Waals surface area contributed by atoms with Crippen molar-refractivity contribution in [1.82, 2.24) is 0 Å². The maximum atomic E-state index is 13.6. The standard InChI is InChI=1S/C28H25F3N2/c1-18-8-14-25(32)23(16-18)27(2,24-17-22(28(29,30)31)13-15-26(24)33)21-11-9-20(10-12-21)19-6-4-3-5-7-19/h3-17H,32-33H2,1-2H3. The van der Waals surface area contributed by atoms with Gasteiger partial charge in [0.2, 0.25) is 0 Å². The van der Waals surface area contributed by atoms with Crippen molar-refractivity contribution in [3.8, 4) is 11.1 Å². The van der Waals surface area contributed by atoms with Crippen molar-refractivity contribution in [2.75, 3.05) is 11.5 Å². The second kappa shape index (κ2) is 8.32. The third-order valence-electron chi connectivity index (χ3n) is 6.24. The fourth-order valence-electron chi connectivity index (χ4n) is 4.35. The van der Waals surface area contributed by atoms with Gasteiger partial charge in [-0.1, -0.05) is 72.3 Å². The van der Waals surface area contributed by atoms with Crippen LogP contribution in [0.25, 0.3) is 11.1 Å². The Hall–Kier alpha value is -3.73. The van der Waals surface area contributed by atoms with E-state index in [1.165, 1.54) is 6.07 Å². The van der Waals surface area contributed by atoms with Gasteiger partial charge in [0.25, 0.3) is 0 Å². The average molecular weight is 447 g/mol. The quantitative estimate of drug-likeness (QED) is 0.257. The first-order valence-corrected chi connectivity index (χ1v) is 10.6. The predicted molar refractivity (Wildman–Crippen MR) is 129 cm³/mol. The van der Waals surface area contributed by atoms with Gasteiger partial charge < -0.3 is 11.5 Å². The number of anilines is 2. The van der Waals surface area contributed by atoms with E-state index in [0.717, 1.165) is 34.4 Å². The van der Waals surface area contributed by atoms with Gasteiger partial charge in [-0.3, -0.25) is 0 Å². The van der Waals surface area contributed by atoms with E-state index in [1.54, 1.807) is 6.07 Å². The van der Waals surface area contributed by atoms with Crippen molar-refractivity contribution in [3.63, 3.8) is 0 Å². The van der Waals surface area contributed by atoms with Gasteiger partial charge in [0.1, 0.15) is 0 Å². The summed E-state index contributed by atoms with van der Waals surface area (Å²) in [6.07, 6.45) is -4.49. The highest BCUT2D eigenvalue weighted by atomic mass is 19.4.